The molecule has 11 nitrogen and oxygen atoms in total. The fraction of sp³-hybridized carbons (Fsp3) is 0.500. The Labute approximate surface area is 238 Å². The van der Waals surface area contributed by atoms with Crippen molar-refractivity contribution in [3.63, 3.8) is 0 Å². The van der Waals surface area contributed by atoms with Crippen molar-refractivity contribution in [2.75, 3.05) is 13.6 Å². The standard InChI is InChI=1S/C30H34N8O3/c1-19(23-8-6-15-37(23)2)40-26-17-25(38-16-10-21(35-38)22-18-31-13-14-32-22)33-29(34-26)27-20-7-5-12-30(28(20)41-36-27)11-4-3-9-24(30)39/h10,13-14,16-19,23H,3-9,11-12,15H2,1-2H3/t19-,23-,30+/m0/s1. The van der Waals surface area contributed by atoms with Gasteiger partial charge >= 0.3 is 0 Å². The summed E-state index contributed by atoms with van der Waals surface area (Å²) in [4.78, 5) is 33.8. The molecule has 3 aliphatic rings. The van der Waals surface area contributed by atoms with Gasteiger partial charge in [0.15, 0.2) is 23.1 Å². The summed E-state index contributed by atoms with van der Waals surface area (Å²) in [5, 5.41) is 9.21. The number of ether oxygens (including phenoxy) is 1. The number of nitrogens with zero attached hydrogens (tertiary/aromatic N) is 8. The molecule has 4 aromatic heterocycles. The molecule has 7 rings (SSSR count). The van der Waals surface area contributed by atoms with Crippen LogP contribution >= 0.6 is 0 Å². The van der Waals surface area contributed by atoms with Crippen LogP contribution in [0.25, 0.3) is 28.7 Å². The van der Waals surface area contributed by atoms with Crippen molar-refractivity contribution < 1.29 is 14.1 Å². The highest BCUT2D eigenvalue weighted by atomic mass is 16.5. The molecule has 1 spiro atoms. The van der Waals surface area contributed by atoms with E-state index in [1.807, 2.05) is 12.3 Å². The Morgan fingerprint density at radius 2 is 2.00 bits per heavy atom. The van der Waals surface area contributed by atoms with Crippen LogP contribution in [0.2, 0.25) is 0 Å². The topological polar surface area (TPSA) is 125 Å². The molecule has 0 aromatic carbocycles. The van der Waals surface area contributed by atoms with E-state index in [9.17, 15) is 4.79 Å². The van der Waals surface area contributed by atoms with Crippen LogP contribution in [0.15, 0.2) is 41.4 Å². The van der Waals surface area contributed by atoms with Crippen LogP contribution in [-0.4, -0.2) is 71.3 Å². The lowest BCUT2D eigenvalue weighted by molar-refractivity contribution is -0.128. The average Bonchev–Trinajstić information content (AvgIpc) is 3.75. The maximum absolute atomic E-state index is 13.2. The normalized spacial score (nSPS) is 23.6. The van der Waals surface area contributed by atoms with Gasteiger partial charge in [0.2, 0.25) is 5.88 Å². The van der Waals surface area contributed by atoms with Gasteiger partial charge in [-0.15, -0.1) is 0 Å². The number of hydrogen-bond donors (Lipinski definition) is 0. The summed E-state index contributed by atoms with van der Waals surface area (Å²) in [6, 6.07) is 3.99. The third-order valence-electron chi connectivity index (χ3n) is 9.02. The van der Waals surface area contributed by atoms with E-state index < -0.39 is 5.41 Å². The number of fused-ring (bicyclic) bond motifs is 2. The van der Waals surface area contributed by atoms with Crippen LogP contribution < -0.4 is 4.74 Å². The van der Waals surface area contributed by atoms with Crippen LogP contribution in [0.4, 0.5) is 0 Å². The first-order chi connectivity index (χ1) is 20.0. The Hall–Kier alpha value is -3.99. The van der Waals surface area contributed by atoms with Gasteiger partial charge in [0.05, 0.1) is 11.6 Å². The second kappa shape index (κ2) is 10.4. The van der Waals surface area contributed by atoms with Crippen molar-refractivity contribution >= 4 is 5.78 Å². The molecule has 0 amide bonds. The van der Waals surface area contributed by atoms with Gasteiger partial charge in [0.25, 0.3) is 0 Å². The van der Waals surface area contributed by atoms with Gasteiger partial charge in [-0.25, -0.2) is 9.67 Å². The van der Waals surface area contributed by atoms with Crippen molar-refractivity contribution in [3.05, 3.63) is 48.2 Å². The Morgan fingerprint density at radius 3 is 2.80 bits per heavy atom. The Morgan fingerprint density at radius 1 is 1.10 bits per heavy atom. The number of hydrogen-bond acceptors (Lipinski definition) is 10. The van der Waals surface area contributed by atoms with Gasteiger partial charge in [-0.3, -0.25) is 19.7 Å². The highest BCUT2D eigenvalue weighted by Gasteiger charge is 2.48. The molecule has 0 unspecified atom stereocenters. The largest absolute Gasteiger partial charge is 0.473 e. The molecule has 5 heterocycles. The molecule has 1 saturated carbocycles. The molecule has 0 radical (unpaired) electrons. The number of ketones is 1. The minimum Gasteiger partial charge on any atom is -0.473 e. The maximum atomic E-state index is 13.2. The average molecular weight is 555 g/mol. The molecule has 41 heavy (non-hydrogen) atoms. The zero-order chi connectivity index (χ0) is 28.0. The van der Waals surface area contributed by atoms with Crippen LogP contribution in [0.5, 0.6) is 5.88 Å². The number of Topliss-reactive ketones (excluding diaryl/α,β-unsaturated/α-hetero) is 1. The Kier molecular flexibility index (Phi) is 6.61. The third kappa shape index (κ3) is 4.61. The minimum absolute atomic E-state index is 0.0692. The highest BCUT2D eigenvalue weighted by molar-refractivity contribution is 5.91. The van der Waals surface area contributed by atoms with E-state index in [1.54, 1.807) is 29.3 Å². The zero-order valence-electron chi connectivity index (χ0n) is 23.5. The molecular formula is C30H34N8O3. The Balaban J connectivity index is 1.30. The summed E-state index contributed by atoms with van der Waals surface area (Å²) < 4.78 is 14.1. The van der Waals surface area contributed by atoms with E-state index in [1.165, 1.54) is 0 Å². The van der Waals surface area contributed by atoms with Crippen molar-refractivity contribution in [2.45, 2.75) is 82.3 Å². The van der Waals surface area contributed by atoms with E-state index in [0.717, 1.165) is 63.5 Å². The molecule has 4 aromatic rings. The Bertz CT molecular complexity index is 1570. The van der Waals surface area contributed by atoms with Gasteiger partial charge in [-0.05, 0) is 71.5 Å². The van der Waals surface area contributed by atoms with Crippen LogP contribution in [0.1, 0.15) is 69.6 Å². The summed E-state index contributed by atoms with van der Waals surface area (Å²) in [5.74, 6) is 2.39. The van der Waals surface area contributed by atoms with Crippen LogP contribution in [0, 0.1) is 0 Å². The van der Waals surface area contributed by atoms with E-state index in [4.69, 9.17) is 24.3 Å². The first-order valence-electron chi connectivity index (χ1n) is 14.6. The fourth-order valence-corrected chi connectivity index (χ4v) is 6.88. The monoisotopic (exact) mass is 554 g/mol. The summed E-state index contributed by atoms with van der Waals surface area (Å²) in [6.07, 6.45) is 14.8. The number of likely N-dealkylation sites (tertiary alicyclic amines) is 1. The SMILES string of the molecule is C[C@H](Oc1cc(-n2ccc(-c3cnccn3)n2)nc(-c2noc3c2CCC[C@@]32CCCCC2=O)n1)[C@@H]1CCCN1C. The van der Waals surface area contributed by atoms with Crippen LogP contribution in [0.3, 0.4) is 0 Å². The van der Waals surface area contributed by atoms with Crippen LogP contribution in [-0.2, 0) is 16.6 Å². The minimum atomic E-state index is -0.566. The third-order valence-corrected chi connectivity index (χ3v) is 9.02. The van der Waals surface area contributed by atoms with Crippen molar-refractivity contribution in [1.82, 2.24) is 39.8 Å². The van der Waals surface area contributed by atoms with E-state index in [0.29, 0.717) is 52.8 Å². The van der Waals surface area contributed by atoms with Gasteiger partial charge in [-0.1, -0.05) is 11.6 Å². The number of carbonyl (C=O) groups is 1. The van der Waals surface area contributed by atoms with Gasteiger partial charge in [-0.2, -0.15) is 10.1 Å². The highest BCUT2D eigenvalue weighted by Crippen LogP contribution is 2.47. The molecule has 212 valence electrons. The molecule has 1 saturated heterocycles. The van der Waals surface area contributed by atoms with E-state index in [2.05, 4.69) is 34.0 Å². The number of likely N-dealkylation sites (N-methyl/N-ethyl adjacent to an activating group) is 1. The smallest absolute Gasteiger partial charge is 0.219 e. The number of rotatable bonds is 6. The van der Waals surface area contributed by atoms with Gasteiger partial charge in [0, 0.05) is 42.7 Å². The first kappa shape index (κ1) is 25.9. The lowest BCUT2D eigenvalue weighted by atomic mass is 9.64. The number of carbonyl (C=O) groups excluding carboxylic acids is 1. The second-order valence-electron chi connectivity index (χ2n) is 11.5. The molecule has 11 heteroatoms. The molecule has 2 aliphatic carbocycles. The molecule has 1 aliphatic heterocycles. The van der Waals surface area contributed by atoms with E-state index >= 15 is 0 Å². The predicted octanol–water partition coefficient (Wildman–Crippen LogP) is 4.35. The molecular weight excluding hydrogens is 520 g/mol. The second-order valence-corrected chi connectivity index (χ2v) is 11.5. The summed E-state index contributed by atoms with van der Waals surface area (Å²) in [5.41, 5.74) is 2.31. The summed E-state index contributed by atoms with van der Waals surface area (Å²) in [7, 11) is 2.14. The zero-order valence-corrected chi connectivity index (χ0v) is 23.5. The van der Waals surface area contributed by atoms with Gasteiger partial charge in [0.1, 0.15) is 23.3 Å². The molecule has 2 fully saturated rings. The maximum Gasteiger partial charge on any atom is 0.219 e. The first-order valence-corrected chi connectivity index (χ1v) is 14.6. The van der Waals surface area contributed by atoms with Crippen molar-refractivity contribution in [2.24, 2.45) is 0 Å². The number of aromatic nitrogens is 7. The lowest BCUT2D eigenvalue weighted by Gasteiger charge is -2.36. The van der Waals surface area contributed by atoms with Crippen molar-refractivity contribution in [3.8, 4) is 34.6 Å². The fourth-order valence-electron chi connectivity index (χ4n) is 6.88. The quantitative estimate of drug-likeness (QED) is 0.340. The molecule has 0 bridgehead atoms. The summed E-state index contributed by atoms with van der Waals surface area (Å²) >= 11 is 0. The molecule has 0 N–H and O–H groups in total. The summed E-state index contributed by atoms with van der Waals surface area (Å²) in [6.45, 7) is 3.15. The predicted molar refractivity (Wildman–Crippen MR) is 150 cm³/mol. The molecule has 3 atom stereocenters. The van der Waals surface area contributed by atoms with Crippen molar-refractivity contribution in [1.29, 1.82) is 0 Å². The lowest BCUT2D eigenvalue weighted by Crippen LogP contribution is -2.41. The van der Waals surface area contributed by atoms with E-state index in [-0.39, 0.29) is 11.9 Å². The van der Waals surface area contributed by atoms with Gasteiger partial charge < -0.3 is 9.26 Å².